The molecule has 0 bridgehead atoms. The standard InChI is InChI=1S/C15H23NO2/c1-11-8-14(12(2)16(11)3)15(17)10-18-9-13-6-4-5-7-13/h8,13H,4-7,9-10H2,1-3H3. The highest BCUT2D eigenvalue weighted by Crippen LogP contribution is 2.24. The van der Waals surface area contributed by atoms with Gasteiger partial charge in [0.1, 0.15) is 6.61 Å². The third kappa shape index (κ3) is 2.83. The molecule has 1 fully saturated rings. The summed E-state index contributed by atoms with van der Waals surface area (Å²) >= 11 is 0. The second kappa shape index (κ2) is 5.70. The average Bonchev–Trinajstić information content (AvgIpc) is 2.94. The number of carbonyl (C=O) groups is 1. The Morgan fingerprint density at radius 1 is 1.39 bits per heavy atom. The van der Waals surface area contributed by atoms with E-state index in [9.17, 15) is 4.79 Å². The second-order valence-corrected chi connectivity index (χ2v) is 5.43. The molecule has 1 aromatic rings. The molecule has 1 aliphatic rings. The Kier molecular flexibility index (Phi) is 4.23. The summed E-state index contributed by atoms with van der Waals surface area (Å²) in [7, 11) is 1.99. The van der Waals surface area contributed by atoms with Crippen LogP contribution in [-0.4, -0.2) is 23.6 Å². The highest BCUT2D eigenvalue weighted by atomic mass is 16.5. The Balaban J connectivity index is 1.85. The molecule has 0 spiro atoms. The quantitative estimate of drug-likeness (QED) is 0.751. The molecule has 2 rings (SSSR count). The molecule has 0 saturated heterocycles. The Hall–Kier alpha value is -1.09. The summed E-state index contributed by atoms with van der Waals surface area (Å²) in [5.41, 5.74) is 2.95. The van der Waals surface area contributed by atoms with E-state index < -0.39 is 0 Å². The van der Waals surface area contributed by atoms with Crippen molar-refractivity contribution in [1.82, 2.24) is 4.57 Å². The number of hydrogen-bond donors (Lipinski definition) is 0. The molecule has 18 heavy (non-hydrogen) atoms. The number of nitrogens with zero attached hydrogens (tertiary/aromatic N) is 1. The van der Waals surface area contributed by atoms with Gasteiger partial charge >= 0.3 is 0 Å². The van der Waals surface area contributed by atoms with E-state index in [1.165, 1.54) is 25.7 Å². The smallest absolute Gasteiger partial charge is 0.190 e. The van der Waals surface area contributed by atoms with Crippen molar-refractivity contribution in [2.24, 2.45) is 13.0 Å². The Labute approximate surface area is 109 Å². The van der Waals surface area contributed by atoms with Crippen molar-refractivity contribution < 1.29 is 9.53 Å². The fourth-order valence-corrected chi connectivity index (χ4v) is 2.71. The Morgan fingerprint density at radius 3 is 2.61 bits per heavy atom. The number of rotatable bonds is 5. The summed E-state index contributed by atoms with van der Waals surface area (Å²) in [5.74, 6) is 0.783. The SMILES string of the molecule is Cc1cc(C(=O)COCC2CCCC2)c(C)n1C. The molecular formula is C15H23NO2. The highest BCUT2D eigenvalue weighted by Gasteiger charge is 2.17. The summed E-state index contributed by atoms with van der Waals surface area (Å²) in [5, 5.41) is 0. The monoisotopic (exact) mass is 249 g/mol. The van der Waals surface area contributed by atoms with Crippen molar-refractivity contribution in [2.45, 2.75) is 39.5 Å². The van der Waals surface area contributed by atoms with Gasteiger partial charge in [-0.3, -0.25) is 4.79 Å². The van der Waals surface area contributed by atoms with Gasteiger partial charge in [-0.2, -0.15) is 0 Å². The van der Waals surface area contributed by atoms with Crippen LogP contribution >= 0.6 is 0 Å². The van der Waals surface area contributed by atoms with E-state index in [0.717, 1.165) is 23.6 Å². The molecular weight excluding hydrogens is 226 g/mol. The molecule has 0 atom stereocenters. The van der Waals surface area contributed by atoms with E-state index >= 15 is 0 Å². The zero-order valence-corrected chi connectivity index (χ0v) is 11.7. The van der Waals surface area contributed by atoms with Gasteiger partial charge in [-0.05, 0) is 38.7 Å². The van der Waals surface area contributed by atoms with E-state index in [2.05, 4.69) is 0 Å². The third-order valence-corrected chi connectivity index (χ3v) is 4.14. The topological polar surface area (TPSA) is 31.2 Å². The van der Waals surface area contributed by atoms with E-state index in [0.29, 0.717) is 5.92 Å². The van der Waals surface area contributed by atoms with Crippen molar-refractivity contribution in [1.29, 1.82) is 0 Å². The number of carbonyl (C=O) groups excluding carboxylic acids is 1. The van der Waals surface area contributed by atoms with Gasteiger partial charge in [0.2, 0.25) is 0 Å². The van der Waals surface area contributed by atoms with E-state index in [1.807, 2.05) is 31.5 Å². The van der Waals surface area contributed by atoms with Crippen LogP contribution in [0.4, 0.5) is 0 Å². The molecule has 1 saturated carbocycles. The first-order valence-electron chi connectivity index (χ1n) is 6.83. The van der Waals surface area contributed by atoms with Crippen LogP contribution in [0.5, 0.6) is 0 Å². The predicted molar refractivity (Wildman–Crippen MR) is 72.0 cm³/mol. The van der Waals surface area contributed by atoms with Gasteiger partial charge < -0.3 is 9.30 Å². The molecule has 0 aliphatic heterocycles. The number of Topliss-reactive ketones (excluding diaryl/α,β-unsaturated/α-hetero) is 1. The molecule has 1 aromatic heterocycles. The number of ether oxygens (including phenoxy) is 1. The van der Waals surface area contributed by atoms with E-state index in [4.69, 9.17) is 4.74 Å². The normalized spacial score (nSPS) is 16.4. The van der Waals surface area contributed by atoms with Gasteiger partial charge in [0.05, 0.1) is 6.61 Å². The number of ketones is 1. The molecule has 3 nitrogen and oxygen atoms in total. The van der Waals surface area contributed by atoms with Crippen LogP contribution in [0.15, 0.2) is 6.07 Å². The maximum absolute atomic E-state index is 12.1. The van der Waals surface area contributed by atoms with Crippen LogP contribution in [0.3, 0.4) is 0 Å². The van der Waals surface area contributed by atoms with Crippen LogP contribution in [0.1, 0.15) is 47.4 Å². The number of aryl methyl sites for hydroxylation is 1. The number of aromatic nitrogens is 1. The summed E-state index contributed by atoms with van der Waals surface area (Å²) < 4.78 is 7.62. The van der Waals surface area contributed by atoms with Crippen LogP contribution in [0.25, 0.3) is 0 Å². The molecule has 0 amide bonds. The zero-order chi connectivity index (χ0) is 13.1. The molecule has 3 heteroatoms. The molecule has 0 radical (unpaired) electrons. The fourth-order valence-electron chi connectivity index (χ4n) is 2.71. The zero-order valence-electron chi connectivity index (χ0n) is 11.7. The van der Waals surface area contributed by atoms with Crippen LogP contribution in [0, 0.1) is 19.8 Å². The largest absolute Gasteiger partial charge is 0.373 e. The minimum atomic E-state index is 0.106. The van der Waals surface area contributed by atoms with E-state index in [-0.39, 0.29) is 12.4 Å². The van der Waals surface area contributed by atoms with Crippen LogP contribution in [0.2, 0.25) is 0 Å². The van der Waals surface area contributed by atoms with Gasteiger partial charge in [0.15, 0.2) is 5.78 Å². The first-order valence-corrected chi connectivity index (χ1v) is 6.83. The summed E-state index contributed by atoms with van der Waals surface area (Å²) in [6.07, 6.45) is 5.16. The molecule has 100 valence electrons. The predicted octanol–water partition coefficient (Wildman–Crippen LogP) is 3.03. The maximum Gasteiger partial charge on any atom is 0.190 e. The lowest BCUT2D eigenvalue weighted by molar-refractivity contribution is 0.0680. The number of hydrogen-bond acceptors (Lipinski definition) is 2. The van der Waals surface area contributed by atoms with Crippen molar-refractivity contribution >= 4 is 5.78 Å². The lowest BCUT2D eigenvalue weighted by Crippen LogP contribution is -2.14. The van der Waals surface area contributed by atoms with Gasteiger partial charge in [0.25, 0.3) is 0 Å². The fraction of sp³-hybridized carbons (Fsp3) is 0.667. The van der Waals surface area contributed by atoms with Crippen molar-refractivity contribution in [3.63, 3.8) is 0 Å². The van der Waals surface area contributed by atoms with Gasteiger partial charge in [-0.1, -0.05) is 12.8 Å². The molecule has 1 aliphatic carbocycles. The van der Waals surface area contributed by atoms with Crippen molar-refractivity contribution in [3.8, 4) is 0 Å². The van der Waals surface area contributed by atoms with Gasteiger partial charge in [0, 0.05) is 24.0 Å². The lowest BCUT2D eigenvalue weighted by atomic mass is 10.1. The minimum absolute atomic E-state index is 0.106. The average molecular weight is 249 g/mol. The summed E-state index contributed by atoms with van der Waals surface area (Å²) in [6.45, 7) is 4.97. The van der Waals surface area contributed by atoms with Crippen molar-refractivity contribution in [2.75, 3.05) is 13.2 Å². The van der Waals surface area contributed by atoms with Crippen LogP contribution < -0.4 is 0 Å². The van der Waals surface area contributed by atoms with Crippen molar-refractivity contribution in [3.05, 3.63) is 23.0 Å². The van der Waals surface area contributed by atoms with Gasteiger partial charge in [-0.25, -0.2) is 0 Å². The lowest BCUT2D eigenvalue weighted by Gasteiger charge is -2.09. The maximum atomic E-state index is 12.1. The highest BCUT2D eigenvalue weighted by molar-refractivity contribution is 5.98. The van der Waals surface area contributed by atoms with E-state index in [1.54, 1.807) is 0 Å². The molecule has 1 heterocycles. The summed E-state index contributed by atoms with van der Waals surface area (Å²) in [4.78, 5) is 12.1. The summed E-state index contributed by atoms with van der Waals surface area (Å²) in [6, 6.07) is 1.95. The third-order valence-electron chi connectivity index (χ3n) is 4.14. The second-order valence-electron chi connectivity index (χ2n) is 5.43. The Morgan fingerprint density at radius 2 is 2.06 bits per heavy atom. The molecule has 0 N–H and O–H groups in total. The first-order chi connectivity index (χ1) is 8.59. The van der Waals surface area contributed by atoms with Crippen LogP contribution in [-0.2, 0) is 11.8 Å². The molecule has 0 aromatic carbocycles. The Bertz CT molecular complexity index is 428. The minimum Gasteiger partial charge on any atom is -0.373 e. The van der Waals surface area contributed by atoms with Gasteiger partial charge in [-0.15, -0.1) is 0 Å². The first kappa shape index (κ1) is 13.3. The molecule has 0 unspecified atom stereocenters.